The molecule has 1 aromatic rings. The fourth-order valence-electron chi connectivity index (χ4n) is 1.44. The summed E-state index contributed by atoms with van der Waals surface area (Å²) in [5.74, 6) is 0.629. The van der Waals surface area contributed by atoms with Crippen molar-refractivity contribution < 1.29 is 4.74 Å². The highest BCUT2D eigenvalue weighted by Crippen LogP contribution is 2.22. The van der Waals surface area contributed by atoms with E-state index in [1.165, 1.54) is 12.8 Å². The van der Waals surface area contributed by atoms with E-state index in [1.807, 2.05) is 12.1 Å². The van der Waals surface area contributed by atoms with Gasteiger partial charge in [-0.15, -0.1) is 6.58 Å². The first-order valence-corrected chi connectivity index (χ1v) is 6.30. The van der Waals surface area contributed by atoms with Gasteiger partial charge in [0.25, 0.3) is 0 Å². The van der Waals surface area contributed by atoms with Gasteiger partial charge in [0.1, 0.15) is 0 Å². The van der Waals surface area contributed by atoms with Crippen LogP contribution in [0.25, 0.3) is 0 Å². The number of pyridine rings is 1. The van der Waals surface area contributed by atoms with Crippen LogP contribution in [-0.2, 0) is 6.54 Å². The van der Waals surface area contributed by atoms with Gasteiger partial charge in [0.2, 0.25) is 5.88 Å². The van der Waals surface area contributed by atoms with Gasteiger partial charge in [-0.3, -0.25) is 0 Å². The Morgan fingerprint density at radius 2 is 2.35 bits per heavy atom. The minimum absolute atomic E-state index is 0.605. The largest absolute Gasteiger partial charge is 0.477 e. The number of nitrogens with one attached hydrogen (secondary N) is 1. The summed E-state index contributed by atoms with van der Waals surface area (Å²) in [5, 5.41) is 4.08. The molecule has 1 aromatic heterocycles. The molecule has 0 saturated heterocycles. The van der Waals surface area contributed by atoms with Gasteiger partial charge in [0.05, 0.1) is 17.3 Å². The van der Waals surface area contributed by atoms with Crippen LogP contribution in [0.2, 0.25) is 5.02 Å². The normalized spacial score (nSPS) is 14.6. The summed E-state index contributed by atoms with van der Waals surface area (Å²) in [4.78, 5) is 4.39. The zero-order valence-corrected chi connectivity index (χ0v) is 10.5. The summed E-state index contributed by atoms with van der Waals surface area (Å²) in [7, 11) is 0. The van der Waals surface area contributed by atoms with E-state index in [0.717, 1.165) is 12.1 Å². The van der Waals surface area contributed by atoms with Crippen molar-refractivity contribution in [1.29, 1.82) is 0 Å². The molecule has 0 radical (unpaired) electrons. The third kappa shape index (κ3) is 4.02. The molecular weight excluding hydrogens is 236 g/mol. The summed E-state index contributed by atoms with van der Waals surface area (Å²) in [5.41, 5.74) is 0.856. The lowest BCUT2D eigenvalue weighted by Crippen LogP contribution is -2.16. The monoisotopic (exact) mass is 252 g/mol. The summed E-state index contributed by atoms with van der Waals surface area (Å²) in [6, 6.07) is 4.28. The summed E-state index contributed by atoms with van der Waals surface area (Å²) in [6.45, 7) is 4.96. The zero-order valence-electron chi connectivity index (χ0n) is 9.79. The van der Waals surface area contributed by atoms with Crippen molar-refractivity contribution in [3.8, 4) is 5.88 Å². The van der Waals surface area contributed by atoms with Gasteiger partial charge in [0, 0.05) is 18.7 Å². The Morgan fingerprint density at radius 1 is 1.53 bits per heavy atom. The minimum atomic E-state index is 0.605. The molecule has 92 valence electrons. The third-order valence-electron chi connectivity index (χ3n) is 2.60. The Bertz CT molecular complexity index is 391. The van der Waals surface area contributed by atoms with Crippen LogP contribution in [0.4, 0.5) is 0 Å². The standard InChI is InChI=1S/C13H17ClN2O/c1-2-3-8-17-13-7-6-11(14)12(16-13)9-15-10-4-5-10/h2,6-7,10,15H,1,3-5,8-9H2. The number of hydrogen-bond donors (Lipinski definition) is 1. The molecule has 3 nitrogen and oxygen atoms in total. The SMILES string of the molecule is C=CCCOc1ccc(Cl)c(CNC2CC2)n1. The predicted octanol–water partition coefficient (Wildman–Crippen LogP) is 2.94. The first-order valence-electron chi connectivity index (χ1n) is 5.92. The van der Waals surface area contributed by atoms with Crippen molar-refractivity contribution in [2.75, 3.05) is 6.61 Å². The van der Waals surface area contributed by atoms with Crippen molar-refractivity contribution in [3.05, 3.63) is 35.5 Å². The quantitative estimate of drug-likeness (QED) is 0.599. The van der Waals surface area contributed by atoms with Crippen molar-refractivity contribution in [2.24, 2.45) is 0 Å². The highest BCUT2D eigenvalue weighted by atomic mass is 35.5. The van der Waals surface area contributed by atoms with Gasteiger partial charge in [-0.05, 0) is 25.3 Å². The third-order valence-corrected chi connectivity index (χ3v) is 2.94. The van der Waals surface area contributed by atoms with Gasteiger partial charge >= 0.3 is 0 Å². The number of halogens is 1. The van der Waals surface area contributed by atoms with E-state index < -0.39 is 0 Å². The molecule has 1 aliphatic rings. The Balaban J connectivity index is 1.92. The zero-order chi connectivity index (χ0) is 12.1. The van der Waals surface area contributed by atoms with Crippen LogP contribution >= 0.6 is 11.6 Å². The molecule has 0 bridgehead atoms. The molecule has 2 rings (SSSR count). The molecule has 1 fully saturated rings. The second kappa shape index (κ2) is 6.03. The van der Waals surface area contributed by atoms with E-state index in [9.17, 15) is 0 Å². The molecule has 1 heterocycles. The number of aromatic nitrogens is 1. The maximum absolute atomic E-state index is 6.09. The Kier molecular flexibility index (Phi) is 4.40. The van der Waals surface area contributed by atoms with Crippen LogP contribution in [-0.4, -0.2) is 17.6 Å². The lowest BCUT2D eigenvalue weighted by Gasteiger charge is -2.08. The fourth-order valence-corrected chi connectivity index (χ4v) is 1.62. The van der Waals surface area contributed by atoms with Gasteiger partial charge < -0.3 is 10.1 Å². The topological polar surface area (TPSA) is 34.1 Å². The summed E-state index contributed by atoms with van der Waals surface area (Å²) in [6.07, 6.45) is 5.16. The molecule has 0 aliphatic heterocycles. The minimum Gasteiger partial charge on any atom is -0.477 e. The second-order valence-corrected chi connectivity index (χ2v) is 4.57. The van der Waals surface area contributed by atoms with E-state index in [4.69, 9.17) is 16.3 Å². The van der Waals surface area contributed by atoms with Gasteiger partial charge in [-0.2, -0.15) is 0 Å². The molecule has 0 atom stereocenters. The van der Waals surface area contributed by atoms with Gasteiger partial charge in [0.15, 0.2) is 0 Å². The van der Waals surface area contributed by atoms with Crippen LogP contribution < -0.4 is 10.1 Å². The van der Waals surface area contributed by atoms with Crippen LogP contribution in [0.3, 0.4) is 0 Å². The highest BCUT2D eigenvalue weighted by Gasteiger charge is 2.20. The van der Waals surface area contributed by atoms with E-state index in [-0.39, 0.29) is 0 Å². The molecule has 1 N–H and O–H groups in total. The van der Waals surface area contributed by atoms with Gasteiger partial charge in [-0.25, -0.2) is 4.98 Å². The molecule has 0 amide bonds. The first kappa shape index (κ1) is 12.4. The van der Waals surface area contributed by atoms with Crippen LogP contribution in [0.1, 0.15) is 25.0 Å². The smallest absolute Gasteiger partial charge is 0.213 e. The fraction of sp³-hybridized carbons (Fsp3) is 0.462. The maximum Gasteiger partial charge on any atom is 0.213 e. The van der Waals surface area contributed by atoms with E-state index >= 15 is 0 Å². The van der Waals surface area contributed by atoms with Crippen molar-refractivity contribution in [1.82, 2.24) is 10.3 Å². The number of nitrogens with zero attached hydrogens (tertiary/aromatic N) is 1. The molecule has 0 aromatic carbocycles. The Morgan fingerprint density at radius 3 is 3.06 bits per heavy atom. The summed E-state index contributed by atoms with van der Waals surface area (Å²) < 4.78 is 5.50. The lowest BCUT2D eigenvalue weighted by atomic mass is 10.3. The molecular formula is C13H17ClN2O. The Labute approximate surface area is 107 Å². The number of hydrogen-bond acceptors (Lipinski definition) is 3. The van der Waals surface area contributed by atoms with Crippen molar-refractivity contribution >= 4 is 11.6 Å². The Hall–Kier alpha value is -1.06. The number of rotatable bonds is 7. The van der Waals surface area contributed by atoms with Crippen molar-refractivity contribution in [3.63, 3.8) is 0 Å². The molecule has 1 aliphatic carbocycles. The lowest BCUT2D eigenvalue weighted by molar-refractivity contribution is 0.311. The van der Waals surface area contributed by atoms with Crippen LogP contribution in [0.5, 0.6) is 5.88 Å². The van der Waals surface area contributed by atoms with E-state index in [0.29, 0.717) is 30.1 Å². The maximum atomic E-state index is 6.09. The second-order valence-electron chi connectivity index (χ2n) is 4.16. The highest BCUT2D eigenvalue weighted by molar-refractivity contribution is 6.31. The van der Waals surface area contributed by atoms with E-state index in [2.05, 4.69) is 16.9 Å². The summed E-state index contributed by atoms with van der Waals surface area (Å²) >= 11 is 6.09. The van der Waals surface area contributed by atoms with E-state index in [1.54, 1.807) is 6.07 Å². The molecule has 4 heteroatoms. The first-order chi connectivity index (χ1) is 8.29. The molecule has 17 heavy (non-hydrogen) atoms. The number of ether oxygens (including phenoxy) is 1. The van der Waals surface area contributed by atoms with Gasteiger partial charge in [-0.1, -0.05) is 17.7 Å². The molecule has 1 saturated carbocycles. The van der Waals surface area contributed by atoms with Crippen LogP contribution in [0.15, 0.2) is 24.8 Å². The molecule has 0 unspecified atom stereocenters. The average molecular weight is 253 g/mol. The molecule has 0 spiro atoms. The predicted molar refractivity (Wildman–Crippen MR) is 69.4 cm³/mol. The average Bonchev–Trinajstić information content (AvgIpc) is 3.14. The van der Waals surface area contributed by atoms with Crippen molar-refractivity contribution in [2.45, 2.75) is 31.8 Å². The van der Waals surface area contributed by atoms with Crippen LogP contribution in [0, 0.1) is 0 Å².